The number of amides is 1. The van der Waals surface area contributed by atoms with Gasteiger partial charge in [-0.2, -0.15) is 13.2 Å². The van der Waals surface area contributed by atoms with Crippen molar-refractivity contribution in [3.05, 3.63) is 34.4 Å². The molecule has 1 spiro atoms. The van der Waals surface area contributed by atoms with Crippen LogP contribution in [0.15, 0.2) is 17.1 Å². The minimum Gasteiger partial charge on any atom is -0.326 e. The molecule has 2 aliphatic heterocycles. The molecule has 1 amide bonds. The van der Waals surface area contributed by atoms with Crippen LogP contribution in [0.2, 0.25) is 0 Å². The Morgan fingerprint density at radius 1 is 1.11 bits per heavy atom. The van der Waals surface area contributed by atoms with E-state index in [1.54, 1.807) is 0 Å². The molecule has 2 heterocycles. The summed E-state index contributed by atoms with van der Waals surface area (Å²) in [5.74, 6) is 0.544. The summed E-state index contributed by atoms with van der Waals surface area (Å²) in [6.07, 6.45) is -0.830. The van der Waals surface area contributed by atoms with E-state index in [9.17, 15) is 26.4 Å². The molecule has 0 atom stereocenters. The normalized spacial score (nSPS) is 24.5. The van der Waals surface area contributed by atoms with Crippen molar-refractivity contribution in [3.63, 3.8) is 0 Å². The lowest BCUT2D eigenvalue weighted by molar-refractivity contribution is -0.138. The topological polar surface area (TPSA) is 105 Å². The van der Waals surface area contributed by atoms with E-state index in [2.05, 4.69) is 5.32 Å². The number of halogens is 3. The van der Waals surface area contributed by atoms with Gasteiger partial charge in [-0.05, 0) is 93.4 Å². The molecule has 0 aromatic heterocycles. The van der Waals surface area contributed by atoms with E-state index in [1.807, 2.05) is 26.0 Å². The fourth-order valence-electron chi connectivity index (χ4n) is 6.26. The van der Waals surface area contributed by atoms with Crippen LogP contribution >= 0.6 is 0 Å². The molecule has 7 nitrogen and oxygen atoms in total. The predicted octanol–water partition coefficient (Wildman–Crippen LogP) is 4.15. The Labute approximate surface area is 223 Å². The third kappa shape index (κ3) is 6.59. The Morgan fingerprint density at radius 3 is 2.26 bits per heavy atom. The molecule has 1 aromatic carbocycles. The zero-order valence-electron chi connectivity index (χ0n) is 22.2. The van der Waals surface area contributed by atoms with Crippen molar-refractivity contribution in [2.45, 2.75) is 89.9 Å². The maximum atomic E-state index is 13.1. The maximum Gasteiger partial charge on any atom is 0.389 e. The number of benzene rings is 1. The number of rotatable bonds is 8. The number of nitrogens with one attached hydrogen (secondary N) is 1. The molecule has 1 saturated heterocycles. The highest BCUT2D eigenvalue weighted by atomic mass is 32.2. The molecule has 1 saturated carbocycles. The van der Waals surface area contributed by atoms with E-state index >= 15 is 0 Å². The first-order valence-corrected chi connectivity index (χ1v) is 15.2. The summed E-state index contributed by atoms with van der Waals surface area (Å²) in [6, 6.07) is 4.01. The second kappa shape index (κ2) is 11.3. The summed E-state index contributed by atoms with van der Waals surface area (Å²) in [6.45, 7) is 4.86. The number of sulfonamides is 1. The molecule has 1 aliphatic carbocycles. The smallest absolute Gasteiger partial charge is 0.326 e. The molecular formula is C27H39F3N4O3S. The van der Waals surface area contributed by atoms with Crippen LogP contribution in [0.1, 0.15) is 73.6 Å². The van der Waals surface area contributed by atoms with E-state index in [0.717, 1.165) is 22.3 Å². The van der Waals surface area contributed by atoms with Crippen molar-refractivity contribution in [3.8, 4) is 0 Å². The Kier molecular flexibility index (Phi) is 8.59. The van der Waals surface area contributed by atoms with Gasteiger partial charge in [0.15, 0.2) is 0 Å². The van der Waals surface area contributed by atoms with Crippen LogP contribution in [0.3, 0.4) is 0 Å². The minimum absolute atomic E-state index is 0.00193. The van der Waals surface area contributed by atoms with Crippen molar-refractivity contribution in [1.29, 1.82) is 0 Å². The van der Waals surface area contributed by atoms with Crippen LogP contribution in [-0.4, -0.2) is 55.0 Å². The van der Waals surface area contributed by atoms with Crippen molar-refractivity contribution in [2.24, 2.45) is 22.6 Å². The zero-order chi connectivity index (χ0) is 27.7. The molecule has 4 rings (SSSR count). The second-order valence-corrected chi connectivity index (χ2v) is 13.3. The maximum absolute atomic E-state index is 13.1. The number of amidine groups is 1. The minimum atomic E-state index is -4.12. The average molecular weight is 557 g/mol. The zero-order valence-corrected chi connectivity index (χ0v) is 23.1. The predicted molar refractivity (Wildman–Crippen MR) is 141 cm³/mol. The largest absolute Gasteiger partial charge is 0.389 e. The molecular weight excluding hydrogens is 517 g/mol. The lowest BCUT2D eigenvalue weighted by atomic mass is 9.79. The average Bonchev–Trinajstić information content (AvgIpc) is 3.17. The number of aliphatic imine (C=N–C) groups is 1. The summed E-state index contributed by atoms with van der Waals surface area (Å²) >= 11 is 0. The van der Waals surface area contributed by atoms with Crippen molar-refractivity contribution in [1.82, 2.24) is 9.62 Å². The number of aryl methyl sites for hydroxylation is 2. The molecule has 3 N–H and O–H groups in total. The molecule has 2 fully saturated rings. The van der Waals surface area contributed by atoms with Crippen molar-refractivity contribution >= 4 is 21.8 Å². The summed E-state index contributed by atoms with van der Waals surface area (Å²) in [5, 5.41) is 2.93. The highest BCUT2D eigenvalue weighted by Gasteiger charge is 2.48. The molecule has 0 bridgehead atoms. The summed E-state index contributed by atoms with van der Waals surface area (Å²) < 4.78 is 65.4. The molecule has 11 heteroatoms. The van der Waals surface area contributed by atoms with Crippen molar-refractivity contribution in [2.75, 3.05) is 18.8 Å². The molecule has 212 valence electrons. The fraction of sp³-hybridized carbons (Fsp3) is 0.704. The number of hydrogen-bond acceptors (Lipinski definition) is 5. The van der Waals surface area contributed by atoms with Gasteiger partial charge in [-0.1, -0.05) is 12.1 Å². The van der Waals surface area contributed by atoms with E-state index < -0.39 is 28.2 Å². The van der Waals surface area contributed by atoms with Crippen molar-refractivity contribution < 1.29 is 26.4 Å². The van der Waals surface area contributed by atoms with Gasteiger partial charge in [0.2, 0.25) is 10.0 Å². The standard InChI is InChI=1S/C27H39F3N4O3S/c1-18-15-21(17-31)16-19(2)23(18)8-14-38(36,37)34-12-10-26(11-13-34)25(35)32-24(33-26)22-5-3-20(4-6-22)7-9-27(28,29)30/h15-16,20,22H,3-14,17,31H2,1-2H3,(H,32,33,35). The number of hydrogen-bond donors (Lipinski definition) is 2. The molecule has 0 unspecified atom stereocenters. The van der Waals surface area contributed by atoms with Gasteiger partial charge in [0.1, 0.15) is 11.4 Å². The van der Waals surface area contributed by atoms with Gasteiger partial charge in [0.25, 0.3) is 5.91 Å². The van der Waals surface area contributed by atoms with Crippen LogP contribution < -0.4 is 11.1 Å². The van der Waals surface area contributed by atoms with Crippen LogP contribution in [-0.2, 0) is 27.8 Å². The monoisotopic (exact) mass is 556 g/mol. The quantitative estimate of drug-likeness (QED) is 0.502. The molecule has 1 aromatic rings. The van der Waals surface area contributed by atoms with Gasteiger partial charge in [-0.25, -0.2) is 12.7 Å². The first kappa shape index (κ1) is 29.0. The number of piperidine rings is 1. The lowest BCUT2D eigenvalue weighted by Crippen LogP contribution is -2.51. The second-order valence-electron chi connectivity index (χ2n) is 11.2. The first-order chi connectivity index (χ1) is 17.8. The Hall–Kier alpha value is -1.98. The van der Waals surface area contributed by atoms with Gasteiger partial charge in [-0.3, -0.25) is 9.79 Å². The highest BCUT2D eigenvalue weighted by molar-refractivity contribution is 7.89. The lowest BCUT2D eigenvalue weighted by Gasteiger charge is -2.34. The number of carbonyl (C=O) groups is 1. The van der Waals surface area contributed by atoms with E-state index in [0.29, 0.717) is 57.3 Å². The Morgan fingerprint density at radius 2 is 1.71 bits per heavy atom. The summed E-state index contributed by atoms with van der Waals surface area (Å²) in [7, 11) is -3.50. The SMILES string of the molecule is Cc1cc(CN)cc(C)c1CCS(=O)(=O)N1CCC2(CC1)N=C(C1CCC(CCC(F)(F)F)CC1)NC2=O. The Balaban J connectivity index is 1.32. The van der Waals surface area contributed by atoms with Crippen LogP contribution in [0.5, 0.6) is 0 Å². The number of carbonyl (C=O) groups excluding carboxylic acids is 1. The fourth-order valence-corrected chi connectivity index (χ4v) is 7.72. The summed E-state index contributed by atoms with van der Waals surface area (Å²) in [4.78, 5) is 17.7. The molecule has 0 radical (unpaired) electrons. The number of nitrogens with two attached hydrogens (primary N) is 1. The van der Waals surface area contributed by atoms with E-state index in [4.69, 9.17) is 10.7 Å². The van der Waals surface area contributed by atoms with Crippen LogP contribution in [0.4, 0.5) is 13.2 Å². The van der Waals surface area contributed by atoms with Gasteiger partial charge in [-0.15, -0.1) is 0 Å². The van der Waals surface area contributed by atoms with Crippen LogP contribution in [0, 0.1) is 25.7 Å². The number of nitrogens with zero attached hydrogens (tertiary/aromatic N) is 2. The third-order valence-electron chi connectivity index (χ3n) is 8.61. The van der Waals surface area contributed by atoms with E-state index in [1.165, 1.54) is 4.31 Å². The van der Waals surface area contributed by atoms with Gasteiger partial charge in [0.05, 0.1) is 5.75 Å². The third-order valence-corrected chi connectivity index (χ3v) is 10.5. The summed E-state index contributed by atoms with van der Waals surface area (Å²) in [5.41, 5.74) is 8.93. The first-order valence-electron chi connectivity index (χ1n) is 13.6. The van der Waals surface area contributed by atoms with Crippen LogP contribution in [0.25, 0.3) is 0 Å². The molecule has 38 heavy (non-hydrogen) atoms. The highest BCUT2D eigenvalue weighted by Crippen LogP contribution is 2.38. The van der Waals surface area contributed by atoms with Gasteiger partial charge >= 0.3 is 6.18 Å². The van der Waals surface area contributed by atoms with Gasteiger partial charge < -0.3 is 11.1 Å². The number of alkyl halides is 3. The Bertz CT molecular complexity index is 1140. The molecule has 3 aliphatic rings. The van der Waals surface area contributed by atoms with E-state index in [-0.39, 0.29) is 43.0 Å². The van der Waals surface area contributed by atoms with Gasteiger partial charge in [0, 0.05) is 32.0 Å².